The number of carbonyl (C=O) groups is 2. The molecule has 7 nitrogen and oxygen atoms in total. The summed E-state index contributed by atoms with van der Waals surface area (Å²) in [4.78, 5) is 30.8. The van der Waals surface area contributed by atoms with Crippen molar-refractivity contribution < 1.29 is 19.1 Å². The molecular weight excluding hydrogens is 382 g/mol. The number of rotatable bonds is 5. The van der Waals surface area contributed by atoms with Crippen LogP contribution < -0.4 is 10.1 Å². The van der Waals surface area contributed by atoms with E-state index in [1.54, 1.807) is 13.2 Å². The molecule has 2 aliphatic rings. The number of aromatic amines is 1. The summed E-state index contributed by atoms with van der Waals surface area (Å²) in [6, 6.07) is 5.89. The summed E-state index contributed by atoms with van der Waals surface area (Å²) < 4.78 is 10.4. The van der Waals surface area contributed by atoms with Gasteiger partial charge in [-0.2, -0.15) is 0 Å². The van der Waals surface area contributed by atoms with Crippen molar-refractivity contribution in [3.05, 3.63) is 23.9 Å². The van der Waals surface area contributed by atoms with E-state index in [0.717, 1.165) is 19.4 Å². The first-order valence-corrected chi connectivity index (χ1v) is 10.5. The van der Waals surface area contributed by atoms with Crippen molar-refractivity contribution in [2.24, 2.45) is 10.8 Å². The maximum absolute atomic E-state index is 13.1. The van der Waals surface area contributed by atoms with Gasteiger partial charge in [0.2, 0.25) is 5.91 Å². The van der Waals surface area contributed by atoms with Crippen LogP contribution in [-0.4, -0.2) is 55.1 Å². The third-order valence-corrected chi connectivity index (χ3v) is 6.53. The minimum atomic E-state index is -0.533. The molecule has 2 bridgehead atoms. The Morgan fingerprint density at radius 3 is 2.70 bits per heavy atom. The van der Waals surface area contributed by atoms with Gasteiger partial charge in [-0.05, 0) is 42.2 Å². The first-order valence-electron chi connectivity index (χ1n) is 10.5. The summed E-state index contributed by atoms with van der Waals surface area (Å²) in [5, 5.41) is 3.64. The molecule has 1 saturated heterocycles. The van der Waals surface area contributed by atoms with E-state index in [0.29, 0.717) is 40.3 Å². The Kier molecular flexibility index (Phi) is 5.04. The van der Waals surface area contributed by atoms with Gasteiger partial charge < -0.3 is 19.8 Å². The summed E-state index contributed by atoms with van der Waals surface area (Å²) in [5.41, 5.74) is 1.89. The Morgan fingerprint density at radius 1 is 1.23 bits per heavy atom. The van der Waals surface area contributed by atoms with E-state index in [1.807, 2.05) is 12.1 Å². The molecule has 1 aromatic heterocycles. The van der Waals surface area contributed by atoms with E-state index in [9.17, 15) is 9.59 Å². The first-order chi connectivity index (χ1) is 14.1. The molecule has 0 radical (unpaired) electrons. The molecular formula is C23H31N3O4. The molecule has 1 aliphatic carbocycles. The fraction of sp³-hybridized carbons (Fsp3) is 0.565. The van der Waals surface area contributed by atoms with Gasteiger partial charge in [0, 0.05) is 12.6 Å². The van der Waals surface area contributed by atoms with Crippen LogP contribution in [-0.2, 0) is 9.53 Å². The normalized spacial score (nSPS) is 25.3. The number of fused-ring (bicyclic) bond motifs is 3. The zero-order valence-corrected chi connectivity index (χ0v) is 18.4. The molecule has 1 saturated carbocycles. The quantitative estimate of drug-likeness (QED) is 0.729. The number of nitrogens with one attached hydrogen (secondary N) is 2. The van der Waals surface area contributed by atoms with Crippen molar-refractivity contribution in [1.29, 1.82) is 0 Å². The van der Waals surface area contributed by atoms with E-state index < -0.39 is 5.97 Å². The van der Waals surface area contributed by atoms with Crippen LogP contribution in [0.1, 0.15) is 50.5 Å². The molecule has 2 fully saturated rings. The number of amides is 1. The van der Waals surface area contributed by atoms with E-state index in [2.05, 4.69) is 36.0 Å². The number of methoxy groups -OCH3 is 2. The molecule has 0 unspecified atom stereocenters. The van der Waals surface area contributed by atoms with Crippen LogP contribution in [0.4, 0.5) is 5.69 Å². The number of ether oxygens (including phenoxy) is 2. The summed E-state index contributed by atoms with van der Waals surface area (Å²) in [6.45, 7) is 8.21. The lowest BCUT2D eigenvalue weighted by atomic mass is 9.65. The standard InChI is InChI=1S/C23H31N3O4/c1-22(2)9-14-10-23(3,12-22)13-26(14)11-17(27)25-19-18-15(7-6-8-16(18)29-4)24-20(19)21(28)30-5/h6-8,14,24H,9-13H2,1-5H3,(H,25,27)/t14-,23-/m0/s1. The number of carbonyl (C=O) groups excluding carboxylic acids is 2. The summed E-state index contributed by atoms with van der Waals surface area (Å²) >= 11 is 0. The highest BCUT2D eigenvalue weighted by Gasteiger charge is 2.49. The molecule has 30 heavy (non-hydrogen) atoms. The Hall–Kier alpha value is -2.54. The van der Waals surface area contributed by atoms with E-state index in [4.69, 9.17) is 9.47 Å². The maximum Gasteiger partial charge on any atom is 0.356 e. The topological polar surface area (TPSA) is 83.7 Å². The summed E-state index contributed by atoms with van der Waals surface area (Å²) in [7, 11) is 2.89. The van der Waals surface area contributed by atoms with Crippen LogP contribution in [0.15, 0.2) is 18.2 Å². The number of esters is 1. The Bertz CT molecular complexity index is 996. The number of H-pyrrole nitrogens is 1. The molecule has 2 N–H and O–H groups in total. The van der Waals surface area contributed by atoms with Crippen molar-refractivity contribution in [2.45, 2.75) is 46.1 Å². The SMILES string of the molecule is COC(=O)c1[nH]c2cccc(OC)c2c1NC(=O)CN1C[C@@]2(C)C[C@@H]1CC(C)(C)C2. The fourth-order valence-electron chi connectivity index (χ4n) is 5.89. The predicted molar refractivity (Wildman–Crippen MR) is 116 cm³/mol. The van der Waals surface area contributed by atoms with Gasteiger partial charge >= 0.3 is 5.97 Å². The number of nitrogens with zero attached hydrogens (tertiary/aromatic N) is 1. The van der Waals surface area contributed by atoms with Gasteiger partial charge in [0.15, 0.2) is 0 Å². The zero-order valence-electron chi connectivity index (χ0n) is 18.4. The van der Waals surface area contributed by atoms with Gasteiger partial charge in [-0.15, -0.1) is 0 Å². The maximum atomic E-state index is 13.1. The highest BCUT2D eigenvalue weighted by molar-refractivity contribution is 6.13. The molecule has 2 heterocycles. The van der Waals surface area contributed by atoms with E-state index in [1.165, 1.54) is 13.5 Å². The molecule has 1 amide bonds. The fourth-order valence-corrected chi connectivity index (χ4v) is 5.89. The second kappa shape index (κ2) is 7.30. The number of aromatic nitrogens is 1. The Morgan fingerprint density at radius 2 is 2.00 bits per heavy atom. The minimum absolute atomic E-state index is 0.138. The minimum Gasteiger partial charge on any atom is -0.496 e. The van der Waals surface area contributed by atoms with E-state index >= 15 is 0 Å². The molecule has 162 valence electrons. The first kappa shape index (κ1) is 20.7. The van der Waals surface area contributed by atoms with Crippen LogP contribution in [0.3, 0.4) is 0 Å². The monoisotopic (exact) mass is 413 g/mol. The number of hydrogen-bond acceptors (Lipinski definition) is 5. The average Bonchev–Trinajstić information content (AvgIpc) is 3.14. The molecule has 2 atom stereocenters. The number of anilines is 1. The number of likely N-dealkylation sites (tertiary alicyclic amines) is 1. The highest BCUT2D eigenvalue weighted by Crippen LogP contribution is 2.52. The van der Waals surface area contributed by atoms with Gasteiger partial charge in [-0.1, -0.05) is 26.8 Å². The third-order valence-electron chi connectivity index (χ3n) is 6.53. The van der Waals surface area contributed by atoms with Gasteiger partial charge in [0.1, 0.15) is 11.4 Å². The molecule has 0 spiro atoms. The summed E-state index contributed by atoms with van der Waals surface area (Å²) in [5.74, 6) is -0.0868. The lowest BCUT2D eigenvalue weighted by molar-refractivity contribution is -0.117. The van der Waals surface area contributed by atoms with E-state index in [-0.39, 0.29) is 17.0 Å². The Labute approximate surface area is 177 Å². The molecule has 1 aliphatic heterocycles. The number of hydrogen-bond donors (Lipinski definition) is 2. The number of benzene rings is 1. The van der Waals surface area contributed by atoms with Gasteiger partial charge in [0.05, 0.1) is 37.4 Å². The largest absolute Gasteiger partial charge is 0.496 e. The van der Waals surface area contributed by atoms with Crippen LogP contribution in [0.5, 0.6) is 5.75 Å². The molecule has 2 aromatic rings. The van der Waals surface area contributed by atoms with Crippen molar-refractivity contribution in [1.82, 2.24) is 9.88 Å². The van der Waals surface area contributed by atoms with Crippen molar-refractivity contribution in [3.8, 4) is 5.75 Å². The predicted octanol–water partition coefficient (Wildman–Crippen LogP) is 3.80. The van der Waals surface area contributed by atoms with Crippen molar-refractivity contribution >= 4 is 28.5 Å². The third kappa shape index (κ3) is 3.67. The molecule has 7 heteroatoms. The smallest absolute Gasteiger partial charge is 0.356 e. The van der Waals surface area contributed by atoms with Gasteiger partial charge in [-0.25, -0.2) is 4.79 Å². The van der Waals surface area contributed by atoms with Crippen molar-refractivity contribution in [2.75, 3.05) is 32.6 Å². The highest BCUT2D eigenvalue weighted by atomic mass is 16.5. The summed E-state index contributed by atoms with van der Waals surface area (Å²) in [6.07, 6.45) is 3.42. The van der Waals surface area contributed by atoms with Crippen molar-refractivity contribution in [3.63, 3.8) is 0 Å². The average molecular weight is 414 g/mol. The van der Waals surface area contributed by atoms with Crippen LogP contribution >= 0.6 is 0 Å². The zero-order chi connectivity index (χ0) is 21.7. The lowest BCUT2D eigenvalue weighted by Crippen LogP contribution is -2.38. The van der Waals surface area contributed by atoms with Crippen LogP contribution in [0.25, 0.3) is 10.9 Å². The Balaban J connectivity index is 1.60. The van der Waals surface area contributed by atoms with Gasteiger partial charge in [-0.3, -0.25) is 9.69 Å². The van der Waals surface area contributed by atoms with Gasteiger partial charge in [0.25, 0.3) is 0 Å². The molecule has 4 rings (SSSR count). The second-order valence-corrected chi connectivity index (χ2v) is 9.92. The second-order valence-electron chi connectivity index (χ2n) is 9.92. The van der Waals surface area contributed by atoms with Crippen LogP contribution in [0, 0.1) is 10.8 Å². The lowest BCUT2D eigenvalue weighted by Gasteiger charge is -2.39. The molecule has 1 aromatic carbocycles. The van der Waals surface area contributed by atoms with Crippen LogP contribution in [0.2, 0.25) is 0 Å².